The Morgan fingerprint density at radius 1 is 1.33 bits per heavy atom. The number of isocyanates is 1. The highest BCUT2D eigenvalue weighted by molar-refractivity contribution is 6.01. The first-order valence-electron chi connectivity index (χ1n) is 4.29. The third-order valence-electron chi connectivity index (χ3n) is 1.59. The van der Waals surface area contributed by atoms with Gasteiger partial charge in [-0.1, -0.05) is 30.3 Å². The maximum absolute atomic E-state index is 11.4. The third-order valence-corrected chi connectivity index (χ3v) is 1.59. The van der Waals surface area contributed by atoms with Crippen molar-refractivity contribution in [3.8, 4) is 0 Å². The van der Waals surface area contributed by atoms with E-state index in [0.29, 0.717) is 5.56 Å². The van der Waals surface area contributed by atoms with Crippen LogP contribution < -0.4 is 0 Å². The molecule has 4 nitrogen and oxygen atoms in total. The van der Waals surface area contributed by atoms with Gasteiger partial charge in [0, 0.05) is 5.56 Å². The molecule has 0 radical (unpaired) electrons. The lowest BCUT2D eigenvalue weighted by atomic mass is 9.97. The molecule has 0 atom stereocenters. The number of hydrogen-bond donors (Lipinski definition) is 2. The number of nitrogens with one attached hydrogen (secondary N) is 1. The first kappa shape index (κ1) is 13.2. The van der Waals surface area contributed by atoms with Crippen LogP contribution >= 0.6 is 0 Å². The van der Waals surface area contributed by atoms with Crippen LogP contribution in [-0.2, 0) is 4.79 Å². The van der Waals surface area contributed by atoms with Crippen molar-refractivity contribution < 1.29 is 14.7 Å². The van der Waals surface area contributed by atoms with Crippen molar-refractivity contribution >= 4 is 11.9 Å². The number of aliphatic hydroxyl groups is 1. The van der Waals surface area contributed by atoms with E-state index in [0.717, 1.165) is 6.08 Å². The maximum Gasteiger partial charge on any atom is 0.231 e. The Morgan fingerprint density at radius 3 is 2.07 bits per heavy atom. The summed E-state index contributed by atoms with van der Waals surface area (Å²) in [7, 11) is 0. The van der Waals surface area contributed by atoms with Gasteiger partial charge in [-0.2, -0.15) is 0 Å². The van der Waals surface area contributed by atoms with Gasteiger partial charge in [-0.15, -0.1) is 0 Å². The van der Waals surface area contributed by atoms with Gasteiger partial charge >= 0.3 is 0 Å². The fraction of sp³-hybridized carbons (Fsp3) is 0.273. The van der Waals surface area contributed by atoms with E-state index >= 15 is 0 Å². The van der Waals surface area contributed by atoms with Crippen molar-refractivity contribution in [3.05, 3.63) is 35.9 Å². The SMILES string of the molecule is CC(C)(O)C(=O)c1ccccc1.N=C=O. The monoisotopic (exact) mass is 207 g/mol. The molecule has 1 aromatic carbocycles. The Labute approximate surface area is 88.1 Å². The fourth-order valence-electron chi connectivity index (χ4n) is 0.943. The highest BCUT2D eigenvalue weighted by Gasteiger charge is 2.24. The van der Waals surface area contributed by atoms with Crippen molar-refractivity contribution in [2.45, 2.75) is 19.4 Å². The first-order valence-corrected chi connectivity index (χ1v) is 4.29. The van der Waals surface area contributed by atoms with E-state index in [1.54, 1.807) is 24.3 Å². The fourth-order valence-corrected chi connectivity index (χ4v) is 0.943. The number of hydrogen-bond acceptors (Lipinski definition) is 4. The largest absolute Gasteiger partial charge is 0.382 e. The molecule has 0 saturated heterocycles. The van der Waals surface area contributed by atoms with Gasteiger partial charge in [-0.05, 0) is 13.8 Å². The summed E-state index contributed by atoms with van der Waals surface area (Å²) in [6.07, 6.45) is 0.750. The topological polar surface area (TPSA) is 78.2 Å². The second-order valence-electron chi connectivity index (χ2n) is 3.36. The van der Waals surface area contributed by atoms with Crippen LogP contribution in [0, 0.1) is 5.41 Å². The minimum absolute atomic E-state index is 0.247. The van der Waals surface area contributed by atoms with Crippen LogP contribution in [0.25, 0.3) is 0 Å². The Morgan fingerprint density at radius 2 is 1.73 bits per heavy atom. The number of Topliss-reactive ketones (excluding diaryl/α,β-unsaturated/α-hetero) is 1. The van der Waals surface area contributed by atoms with Gasteiger partial charge in [0.2, 0.25) is 6.08 Å². The average molecular weight is 207 g/mol. The summed E-state index contributed by atoms with van der Waals surface area (Å²) in [6.45, 7) is 2.98. The van der Waals surface area contributed by atoms with Crippen molar-refractivity contribution in [1.82, 2.24) is 0 Å². The minimum Gasteiger partial charge on any atom is -0.382 e. The molecule has 80 valence electrons. The Hall–Kier alpha value is -1.77. The van der Waals surface area contributed by atoms with Crippen LogP contribution in [0.4, 0.5) is 0 Å². The number of benzene rings is 1. The summed E-state index contributed by atoms with van der Waals surface area (Å²) in [5.41, 5.74) is -0.730. The average Bonchev–Trinajstić information content (AvgIpc) is 2.18. The predicted molar refractivity (Wildman–Crippen MR) is 55.5 cm³/mol. The standard InChI is InChI=1S/C10H12O2.CHNO/c1-10(2,12)9(11)8-6-4-3-5-7-8;2-1-3/h3-7,12H,1-2H3;2H. The molecule has 0 fully saturated rings. The summed E-state index contributed by atoms with van der Waals surface area (Å²) in [6, 6.07) is 8.78. The van der Waals surface area contributed by atoms with Gasteiger partial charge in [0.05, 0.1) is 0 Å². The van der Waals surface area contributed by atoms with E-state index in [-0.39, 0.29) is 5.78 Å². The lowest BCUT2D eigenvalue weighted by molar-refractivity contribution is 0.0488. The zero-order chi connectivity index (χ0) is 11.9. The van der Waals surface area contributed by atoms with Crippen LogP contribution in [0.1, 0.15) is 24.2 Å². The zero-order valence-corrected chi connectivity index (χ0v) is 8.65. The van der Waals surface area contributed by atoms with Crippen LogP contribution in [0.5, 0.6) is 0 Å². The minimum atomic E-state index is -1.28. The van der Waals surface area contributed by atoms with E-state index in [1.165, 1.54) is 13.8 Å². The molecule has 0 aliphatic heterocycles. The molecule has 0 aromatic heterocycles. The van der Waals surface area contributed by atoms with E-state index in [2.05, 4.69) is 0 Å². The van der Waals surface area contributed by atoms with Gasteiger partial charge < -0.3 is 5.11 Å². The Balaban J connectivity index is 0.000000583. The lowest BCUT2D eigenvalue weighted by Crippen LogP contribution is -2.30. The predicted octanol–water partition coefficient (Wildman–Crippen LogP) is 1.54. The van der Waals surface area contributed by atoms with E-state index in [9.17, 15) is 9.90 Å². The van der Waals surface area contributed by atoms with E-state index < -0.39 is 5.60 Å². The lowest BCUT2D eigenvalue weighted by Gasteiger charge is -2.14. The molecule has 0 aliphatic rings. The van der Waals surface area contributed by atoms with Crippen molar-refractivity contribution in [3.63, 3.8) is 0 Å². The van der Waals surface area contributed by atoms with E-state index in [4.69, 9.17) is 10.2 Å². The van der Waals surface area contributed by atoms with Crippen LogP contribution in [0.15, 0.2) is 30.3 Å². The second kappa shape index (κ2) is 5.86. The van der Waals surface area contributed by atoms with Crippen molar-refractivity contribution in [1.29, 1.82) is 5.41 Å². The number of carbonyl (C=O) groups is 1. The van der Waals surface area contributed by atoms with Crippen molar-refractivity contribution in [2.75, 3.05) is 0 Å². The quantitative estimate of drug-likeness (QED) is 0.438. The Kier molecular flexibility index (Phi) is 5.16. The van der Waals surface area contributed by atoms with Gasteiger partial charge in [-0.25, -0.2) is 10.2 Å². The summed E-state index contributed by atoms with van der Waals surface area (Å²) < 4.78 is 0. The number of carbonyl (C=O) groups excluding carboxylic acids is 2. The van der Waals surface area contributed by atoms with Crippen LogP contribution in [0.3, 0.4) is 0 Å². The molecular weight excluding hydrogens is 194 g/mol. The molecule has 0 saturated carbocycles. The van der Waals surface area contributed by atoms with Gasteiger partial charge in [-0.3, -0.25) is 4.79 Å². The maximum atomic E-state index is 11.4. The first-order chi connectivity index (χ1) is 6.93. The molecule has 0 bridgehead atoms. The summed E-state index contributed by atoms with van der Waals surface area (Å²) in [5, 5.41) is 14.8. The molecule has 0 spiro atoms. The smallest absolute Gasteiger partial charge is 0.231 e. The molecule has 0 heterocycles. The molecule has 0 amide bonds. The van der Waals surface area contributed by atoms with E-state index in [1.807, 2.05) is 6.07 Å². The molecular formula is C11H13NO3. The van der Waals surface area contributed by atoms with Crippen LogP contribution in [-0.4, -0.2) is 22.6 Å². The molecule has 0 unspecified atom stereocenters. The van der Waals surface area contributed by atoms with Gasteiger partial charge in [0.15, 0.2) is 5.78 Å². The normalized spacial score (nSPS) is 9.53. The van der Waals surface area contributed by atoms with Gasteiger partial charge in [0.1, 0.15) is 5.60 Å². The van der Waals surface area contributed by atoms with Crippen LogP contribution in [0.2, 0.25) is 0 Å². The molecule has 1 rings (SSSR count). The number of ketones is 1. The molecule has 15 heavy (non-hydrogen) atoms. The highest BCUT2D eigenvalue weighted by Crippen LogP contribution is 2.11. The zero-order valence-electron chi connectivity index (χ0n) is 8.65. The summed E-state index contributed by atoms with van der Waals surface area (Å²) >= 11 is 0. The molecule has 4 heteroatoms. The van der Waals surface area contributed by atoms with Crippen molar-refractivity contribution in [2.24, 2.45) is 0 Å². The summed E-state index contributed by atoms with van der Waals surface area (Å²) in [4.78, 5) is 19.8. The second-order valence-corrected chi connectivity index (χ2v) is 3.36. The number of rotatable bonds is 2. The van der Waals surface area contributed by atoms with Gasteiger partial charge in [0.25, 0.3) is 0 Å². The summed E-state index contributed by atoms with van der Waals surface area (Å²) in [5.74, 6) is -0.247. The third kappa shape index (κ3) is 4.86. The Bertz CT molecular complexity index is 346. The molecule has 1 aromatic rings. The highest BCUT2D eigenvalue weighted by atomic mass is 16.3. The molecule has 2 N–H and O–H groups in total. The molecule has 0 aliphatic carbocycles.